The molecule has 2 fully saturated rings. The van der Waals surface area contributed by atoms with Crippen LogP contribution in [-0.2, 0) is 0 Å². The molecule has 0 amide bonds. The second-order valence-corrected chi connectivity index (χ2v) is 9.64. The first kappa shape index (κ1) is 28.2. The third kappa shape index (κ3) is 11.0. The molecule has 0 heterocycles. The van der Waals surface area contributed by atoms with Crippen LogP contribution < -0.4 is 0 Å². The molecule has 0 bridgehead atoms. The van der Waals surface area contributed by atoms with Crippen molar-refractivity contribution in [2.45, 2.75) is 122 Å². The van der Waals surface area contributed by atoms with Crippen molar-refractivity contribution in [3.63, 3.8) is 0 Å². The average Bonchev–Trinajstić information content (AvgIpc) is 2.57. The summed E-state index contributed by atoms with van der Waals surface area (Å²) < 4.78 is 0. The molecule has 0 atom stereocenters. The van der Waals surface area contributed by atoms with Crippen LogP contribution in [0.4, 0.5) is 0 Å². The molecule has 160 valence electrons. The van der Waals surface area contributed by atoms with Gasteiger partial charge in [-0.05, 0) is 85.9 Å². The minimum Gasteiger partial charge on any atom is -0.0683 e. The van der Waals surface area contributed by atoms with Crippen LogP contribution in [0.3, 0.4) is 0 Å². The van der Waals surface area contributed by atoms with Gasteiger partial charge in [-0.15, -0.1) is 0 Å². The fourth-order valence-corrected chi connectivity index (χ4v) is 4.28. The summed E-state index contributed by atoms with van der Waals surface area (Å²) >= 11 is 0. The van der Waals surface area contributed by atoms with Crippen molar-refractivity contribution in [2.75, 3.05) is 0 Å². The van der Waals surface area contributed by atoms with E-state index in [0.29, 0.717) is 0 Å². The summed E-state index contributed by atoms with van der Waals surface area (Å²) in [5, 5.41) is 0. The van der Waals surface area contributed by atoms with E-state index < -0.39 is 0 Å². The summed E-state index contributed by atoms with van der Waals surface area (Å²) in [7, 11) is 0. The molecule has 0 spiro atoms. The largest absolute Gasteiger partial charge is 0.0683 e. The molecule has 0 aliphatic heterocycles. The van der Waals surface area contributed by atoms with E-state index >= 15 is 0 Å². The Hall–Kier alpha value is 0. The van der Waals surface area contributed by atoms with Crippen molar-refractivity contribution in [3.8, 4) is 0 Å². The molecule has 0 aromatic carbocycles. The van der Waals surface area contributed by atoms with Crippen LogP contribution in [0.1, 0.15) is 122 Å². The van der Waals surface area contributed by atoms with Crippen molar-refractivity contribution >= 4 is 0 Å². The third-order valence-corrected chi connectivity index (χ3v) is 6.80. The predicted octanol–water partition coefficient (Wildman–Crippen LogP) is 9.48. The Kier molecular flexibility index (Phi) is 17.4. The van der Waals surface area contributed by atoms with Crippen LogP contribution in [0.2, 0.25) is 0 Å². The maximum atomic E-state index is 2.38. The Morgan fingerprint density at radius 3 is 0.731 bits per heavy atom. The van der Waals surface area contributed by atoms with E-state index in [4.69, 9.17) is 0 Å². The van der Waals surface area contributed by atoms with Crippen LogP contribution in [0.15, 0.2) is 0 Å². The Labute approximate surface area is 169 Å². The summed E-state index contributed by atoms with van der Waals surface area (Å²) in [6, 6.07) is 0. The Bertz CT molecular complexity index is 244. The summed E-state index contributed by atoms with van der Waals surface area (Å²) in [5.74, 6) is 7.83. The molecule has 26 heavy (non-hydrogen) atoms. The highest BCUT2D eigenvalue weighted by Gasteiger charge is 2.32. The maximum Gasteiger partial charge on any atom is -0.0386 e. The number of hydrogen-bond acceptors (Lipinski definition) is 0. The lowest BCUT2D eigenvalue weighted by Crippen LogP contribution is -2.30. The first-order valence-electron chi connectivity index (χ1n) is 12.2. The lowest BCUT2D eigenvalue weighted by atomic mass is 9.65. The van der Waals surface area contributed by atoms with E-state index in [2.05, 4.69) is 55.4 Å². The highest BCUT2D eigenvalue weighted by atomic mass is 14.4. The number of hydrogen-bond donors (Lipinski definition) is 0. The van der Waals surface area contributed by atoms with Crippen molar-refractivity contribution in [3.05, 3.63) is 0 Å². The lowest BCUT2D eigenvalue weighted by molar-refractivity contribution is 0.102. The van der Waals surface area contributed by atoms with E-state index in [1.807, 2.05) is 27.7 Å². The molecule has 0 nitrogen and oxygen atoms in total. The zero-order valence-corrected chi connectivity index (χ0v) is 20.9. The normalized spacial score (nSPS) is 27.7. The minimum absolute atomic E-state index is 0.915. The highest BCUT2D eigenvalue weighted by molar-refractivity contribution is 4.82. The molecule has 2 aliphatic carbocycles. The molecule has 0 N–H and O–H groups in total. The quantitative estimate of drug-likeness (QED) is 0.463. The Morgan fingerprint density at radius 1 is 0.385 bits per heavy atom. The van der Waals surface area contributed by atoms with Gasteiger partial charge in [0.25, 0.3) is 0 Å². The molecule has 0 radical (unpaired) electrons. The van der Waals surface area contributed by atoms with Gasteiger partial charge in [-0.25, -0.2) is 0 Å². The van der Waals surface area contributed by atoms with Gasteiger partial charge < -0.3 is 0 Å². The maximum absolute atomic E-state index is 2.38. The van der Waals surface area contributed by atoms with E-state index in [1.54, 1.807) is 0 Å². The smallest absolute Gasteiger partial charge is 0.0386 e. The Balaban J connectivity index is 0. The van der Waals surface area contributed by atoms with Gasteiger partial charge in [-0.2, -0.15) is 0 Å². The van der Waals surface area contributed by atoms with Gasteiger partial charge in [-0.1, -0.05) is 83.1 Å². The fraction of sp³-hybridized carbons (Fsp3) is 1.00. The molecule has 2 rings (SSSR count). The van der Waals surface area contributed by atoms with Gasteiger partial charge in [0.1, 0.15) is 0 Å². The zero-order valence-electron chi connectivity index (χ0n) is 20.9. The van der Waals surface area contributed by atoms with E-state index in [9.17, 15) is 0 Å². The lowest BCUT2D eigenvalue weighted by Gasteiger charge is -2.40. The van der Waals surface area contributed by atoms with Crippen molar-refractivity contribution in [2.24, 2.45) is 47.3 Å². The molecule has 0 unspecified atom stereocenters. The summed E-state index contributed by atoms with van der Waals surface area (Å²) in [6.07, 6.45) is 8.94. The zero-order chi connectivity index (χ0) is 20.9. The second-order valence-electron chi connectivity index (χ2n) is 9.64. The van der Waals surface area contributed by atoms with E-state index in [0.717, 1.165) is 47.3 Å². The van der Waals surface area contributed by atoms with E-state index in [1.165, 1.54) is 38.5 Å². The molecule has 0 aromatic rings. The van der Waals surface area contributed by atoms with Crippen molar-refractivity contribution in [1.82, 2.24) is 0 Å². The predicted molar refractivity (Wildman–Crippen MR) is 124 cm³/mol. The Morgan fingerprint density at radius 2 is 0.577 bits per heavy atom. The van der Waals surface area contributed by atoms with Gasteiger partial charge in [0, 0.05) is 0 Å². The van der Waals surface area contributed by atoms with Gasteiger partial charge in [0.2, 0.25) is 0 Å². The molecule has 2 saturated carbocycles. The SMILES string of the molecule is CC.CC.CC(C)C1CC(C(C)C)C1.CC(C)C1CCC(C(C)C)CC1. The standard InChI is InChI=1S/C12H24.C10H20.2C2H6/c1-9(2)11-5-7-12(8-6-11)10(3)4;1-7(2)9-5-10(6-9)8(3)4;2*1-2/h9-12H,5-8H2,1-4H3;7-10H,5-6H2,1-4H3;2*1-2H3. The summed E-state index contributed by atoms with van der Waals surface area (Å²) in [6.45, 7) is 26.9. The highest BCUT2D eigenvalue weighted by Crippen LogP contribution is 2.42. The van der Waals surface area contributed by atoms with E-state index in [-0.39, 0.29) is 0 Å². The summed E-state index contributed by atoms with van der Waals surface area (Å²) in [5.41, 5.74) is 0. The third-order valence-electron chi connectivity index (χ3n) is 6.80. The molecule has 0 heteroatoms. The van der Waals surface area contributed by atoms with Gasteiger partial charge in [0.15, 0.2) is 0 Å². The van der Waals surface area contributed by atoms with Gasteiger partial charge >= 0.3 is 0 Å². The van der Waals surface area contributed by atoms with Crippen molar-refractivity contribution < 1.29 is 0 Å². The average molecular weight is 369 g/mol. The monoisotopic (exact) mass is 368 g/mol. The molecule has 2 aliphatic rings. The fourth-order valence-electron chi connectivity index (χ4n) is 4.28. The second kappa shape index (κ2) is 16.0. The van der Waals surface area contributed by atoms with Crippen LogP contribution in [-0.4, -0.2) is 0 Å². The molecule has 0 saturated heterocycles. The van der Waals surface area contributed by atoms with Crippen molar-refractivity contribution in [1.29, 1.82) is 0 Å². The van der Waals surface area contributed by atoms with Gasteiger partial charge in [0.05, 0.1) is 0 Å². The molecular weight excluding hydrogens is 312 g/mol. The van der Waals surface area contributed by atoms with Crippen LogP contribution in [0.25, 0.3) is 0 Å². The first-order chi connectivity index (χ1) is 12.2. The topological polar surface area (TPSA) is 0 Å². The van der Waals surface area contributed by atoms with Gasteiger partial charge in [-0.3, -0.25) is 0 Å². The first-order valence-corrected chi connectivity index (χ1v) is 12.2. The molecular formula is C26H56. The molecule has 0 aromatic heterocycles. The minimum atomic E-state index is 0.915. The number of rotatable bonds is 4. The van der Waals surface area contributed by atoms with Crippen LogP contribution >= 0.6 is 0 Å². The van der Waals surface area contributed by atoms with Crippen LogP contribution in [0.5, 0.6) is 0 Å². The summed E-state index contributed by atoms with van der Waals surface area (Å²) in [4.78, 5) is 0. The van der Waals surface area contributed by atoms with Crippen LogP contribution in [0, 0.1) is 47.3 Å².